The number of benzene rings is 2. The van der Waals surface area contributed by atoms with E-state index in [2.05, 4.69) is 45.7 Å². The minimum Gasteiger partial charge on any atom is -0.398 e. The molecule has 1 unspecified atom stereocenters. The molecule has 2 aromatic rings. The van der Waals surface area contributed by atoms with Crippen LogP contribution in [0, 0.1) is 40.0 Å². The smallest absolute Gasteiger partial charge is 0.0704 e. The Morgan fingerprint density at radius 3 is 1.85 bits per heavy atom. The number of rotatable bonds is 2. The van der Waals surface area contributed by atoms with E-state index in [4.69, 9.17) is 12.2 Å². The molecule has 0 bridgehead atoms. The Kier molecular flexibility index (Phi) is 3.86. The molecule has 1 heteroatoms. The third-order valence-corrected chi connectivity index (χ3v) is 4.33. The number of nitrogens with two attached hydrogens (primary N) is 1. The predicted molar refractivity (Wildman–Crippen MR) is 86.9 cm³/mol. The first kappa shape index (κ1) is 14.2. The van der Waals surface area contributed by atoms with Crippen molar-refractivity contribution in [3.05, 3.63) is 63.7 Å². The van der Waals surface area contributed by atoms with E-state index >= 15 is 0 Å². The molecule has 0 saturated heterocycles. The fourth-order valence-electron chi connectivity index (χ4n) is 2.80. The molecule has 0 spiro atoms. The van der Waals surface area contributed by atoms with Crippen LogP contribution in [-0.4, -0.2) is 0 Å². The van der Waals surface area contributed by atoms with E-state index in [1.807, 2.05) is 18.2 Å². The average Bonchev–Trinajstić information content (AvgIpc) is 2.48. The lowest BCUT2D eigenvalue weighted by Crippen LogP contribution is -2.09. The Labute approximate surface area is 121 Å². The van der Waals surface area contributed by atoms with Crippen LogP contribution in [0.2, 0.25) is 0 Å². The van der Waals surface area contributed by atoms with Crippen molar-refractivity contribution < 1.29 is 0 Å². The fraction of sp³-hybridized carbons (Fsp3) is 0.263. The molecule has 0 saturated carbocycles. The Balaban J connectivity index is 2.72. The van der Waals surface area contributed by atoms with E-state index in [1.54, 1.807) is 0 Å². The van der Waals surface area contributed by atoms with Gasteiger partial charge in [-0.05, 0) is 61.1 Å². The summed E-state index contributed by atoms with van der Waals surface area (Å²) in [5, 5.41) is 0. The zero-order chi connectivity index (χ0) is 14.9. The minimum atomic E-state index is -0.0193. The van der Waals surface area contributed by atoms with Gasteiger partial charge in [-0.15, -0.1) is 6.42 Å². The van der Waals surface area contributed by atoms with Gasteiger partial charge in [0.15, 0.2) is 0 Å². The van der Waals surface area contributed by atoms with Crippen LogP contribution in [0.3, 0.4) is 0 Å². The van der Waals surface area contributed by atoms with E-state index in [0.29, 0.717) is 0 Å². The SMILES string of the molecule is C#CC(c1ccccc1)c1c(C)c(C)c(N)c(C)c1C. The number of hydrogen-bond acceptors (Lipinski definition) is 1. The summed E-state index contributed by atoms with van der Waals surface area (Å²) in [6.07, 6.45) is 5.83. The van der Waals surface area contributed by atoms with Crippen molar-refractivity contribution >= 4 is 5.69 Å². The van der Waals surface area contributed by atoms with Crippen molar-refractivity contribution in [3.63, 3.8) is 0 Å². The number of terminal acetylenes is 1. The molecule has 0 fully saturated rings. The summed E-state index contributed by atoms with van der Waals surface area (Å²) < 4.78 is 0. The molecule has 102 valence electrons. The third-order valence-electron chi connectivity index (χ3n) is 4.33. The van der Waals surface area contributed by atoms with Crippen LogP contribution >= 0.6 is 0 Å². The zero-order valence-electron chi connectivity index (χ0n) is 12.6. The molecule has 0 aliphatic heterocycles. The molecule has 20 heavy (non-hydrogen) atoms. The van der Waals surface area contributed by atoms with Crippen molar-refractivity contribution in [2.75, 3.05) is 5.73 Å². The minimum absolute atomic E-state index is 0.0193. The van der Waals surface area contributed by atoms with Gasteiger partial charge in [-0.2, -0.15) is 0 Å². The molecule has 1 nitrogen and oxygen atoms in total. The van der Waals surface area contributed by atoms with E-state index in [0.717, 1.165) is 22.4 Å². The van der Waals surface area contributed by atoms with E-state index in [9.17, 15) is 0 Å². The molecular formula is C19H21N. The van der Waals surface area contributed by atoms with Gasteiger partial charge < -0.3 is 5.73 Å². The molecule has 0 amide bonds. The molecule has 0 aliphatic carbocycles. The zero-order valence-corrected chi connectivity index (χ0v) is 12.6. The first-order valence-corrected chi connectivity index (χ1v) is 6.85. The van der Waals surface area contributed by atoms with Gasteiger partial charge in [0.1, 0.15) is 0 Å². The van der Waals surface area contributed by atoms with E-state index in [-0.39, 0.29) is 5.92 Å². The summed E-state index contributed by atoms with van der Waals surface area (Å²) in [6, 6.07) is 10.2. The van der Waals surface area contributed by atoms with Crippen LogP contribution in [0.4, 0.5) is 5.69 Å². The lowest BCUT2D eigenvalue weighted by molar-refractivity contribution is 1.00. The van der Waals surface area contributed by atoms with Gasteiger partial charge in [0.05, 0.1) is 5.92 Å². The number of anilines is 1. The monoisotopic (exact) mass is 263 g/mol. The van der Waals surface area contributed by atoms with Gasteiger partial charge in [-0.3, -0.25) is 0 Å². The Morgan fingerprint density at radius 2 is 1.40 bits per heavy atom. The molecule has 0 radical (unpaired) electrons. The third kappa shape index (κ3) is 2.18. The second-order valence-electron chi connectivity index (χ2n) is 5.34. The maximum Gasteiger partial charge on any atom is 0.0704 e. The predicted octanol–water partition coefficient (Wildman–Crippen LogP) is 4.27. The lowest BCUT2D eigenvalue weighted by atomic mass is 9.82. The van der Waals surface area contributed by atoms with Crippen LogP contribution < -0.4 is 5.73 Å². The summed E-state index contributed by atoms with van der Waals surface area (Å²) in [6.45, 7) is 8.36. The normalized spacial score (nSPS) is 11.9. The van der Waals surface area contributed by atoms with Gasteiger partial charge in [0.25, 0.3) is 0 Å². The van der Waals surface area contributed by atoms with Crippen LogP contribution in [0.1, 0.15) is 39.3 Å². The maximum absolute atomic E-state index is 6.18. The fourth-order valence-corrected chi connectivity index (χ4v) is 2.80. The second-order valence-corrected chi connectivity index (χ2v) is 5.34. The Bertz CT molecular complexity index is 646. The van der Waals surface area contributed by atoms with E-state index in [1.165, 1.54) is 16.7 Å². The standard InChI is InChI=1S/C19H21N/c1-6-17(16-10-8-7-9-11-16)18-12(2)14(4)19(20)15(5)13(18)3/h1,7-11,17H,20H2,2-5H3. The van der Waals surface area contributed by atoms with Gasteiger partial charge in [-0.1, -0.05) is 36.3 Å². The van der Waals surface area contributed by atoms with Crippen molar-refractivity contribution in [2.45, 2.75) is 33.6 Å². The molecule has 0 heterocycles. The first-order chi connectivity index (χ1) is 9.49. The molecule has 0 aliphatic rings. The van der Waals surface area contributed by atoms with Gasteiger partial charge >= 0.3 is 0 Å². The van der Waals surface area contributed by atoms with Crippen molar-refractivity contribution in [1.82, 2.24) is 0 Å². The van der Waals surface area contributed by atoms with Gasteiger partial charge in [-0.25, -0.2) is 0 Å². The lowest BCUT2D eigenvalue weighted by Gasteiger charge is -2.22. The largest absolute Gasteiger partial charge is 0.398 e. The summed E-state index contributed by atoms with van der Waals surface area (Å²) >= 11 is 0. The first-order valence-electron chi connectivity index (χ1n) is 6.85. The quantitative estimate of drug-likeness (QED) is 0.635. The average molecular weight is 263 g/mol. The highest BCUT2D eigenvalue weighted by Crippen LogP contribution is 2.35. The van der Waals surface area contributed by atoms with Gasteiger partial charge in [0, 0.05) is 5.69 Å². The molecule has 2 rings (SSSR count). The number of nitrogen functional groups attached to an aromatic ring is 1. The molecule has 1 atom stereocenters. The van der Waals surface area contributed by atoms with Crippen LogP contribution in [0.15, 0.2) is 30.3 Å². The van der Waals surface area contributed by atoms with Crippen LogP contribution in [0.25, 0.3) is 0 Å². The second kappa shape index (κ2) is 5.43. The van der Waals surface area contributed by atoms with Crippen molar-refractivity contribution in [3.8, 4) is 12.3 Å². The van der Waals surface area contributed by atoms with Crippen LogP contribution in [0.5, 0.6) is 0 Å². The van der Waals surface area contributed by atoms with E-state index < -0.39 is 0 Å². The summed E-state index contributed by atoms with van der Waals surface area (Å²) in [4.78, 5) is 0. The van der Waals surface area contributed by atoms with Crippen LogP contribution in [-0.2, 0) is 0 Å². The Morgan fingerprint density at radius 1 is 0.900 bits per heavy atom. The highest BCUT2D eigenvalue weighted by Gasteiger charge is 2.20. The summed E-state index contributed by atoms with van der Waals surface area (Å²) in [5.74, 6) is 2.93. The molecule has 2 aromatic carbocycles. The topological polar surface area (TPSA) is 26.0 Å². The molecule has 2 N–H and O–H groups in total. The highest BCUT2D eigenvalue weighted by molar-refractivity contribution is 5.64. The van der Waals surface area contributed by atoms with Gasteiger partial charge in [0.2, 0.25) is 0 Å². The summed E-state index contributed by atoms with van der Waals surface area (Å²) in [5.41, 5.74) is 14.1. The number of hydrogen-bond donors (Lipinski definition) is 1. The molecule has 0 aromatic heterocycles. The van der Waals surface area contributed by atoms with Crippen molar-refractivity contribution in [1.29, 1.82) is 0 Å². The van der Waals surface area contributed by atoms with Crippen molar-refractivity contribution in [2.24, 2.45) is 0 Å². The maximum atomic E-state index is 6.18. The molecular weight excluding hydrogens is 242 g/mol. The summed E-state index contributed by atoms with van der Waals surface area (Å²) in [7, 11) is 0. The Hall–Kier alpha value is -2.20. The highest BCUT2D eigenvalue weighted by atomic mass is 14.6.